The SMILES string of the molecule is Fc1ccc(N2CCC(NCc3nc(Cc4cccs4)no3)CC2)cc1F. The molecule has 0 radical (unpaired) electrons. The average molecular weight is 390 g/mol. The average Bonchev–Trinajstić information content (AvgIpc) is 3.35. The Morgan fingerprint density at radius 1 is 1.19 bits per heavy atom. The first-order valence-corrected chi connectivity index (χ1v) is 9.82. The Morgan fingerprint density at radius 3 is 2.78 bits per heavy atom. The van der Waals surface area contributed by atoms with Gasteiger partial charge in [0, 0.05) is 42.2 Å². The van der Waals surface area contributed by atoms with E-state index in [9.17, 15) is 8.78 Å². The topological polar surface area (TPSA) is 54.2 Å². The van der Waals surface area contributed by atoms with E-state index in [4.69, 9.17) is 4.52 Å². The van der Waals surface area contributed by atoms with Crippen LogP contribution in [0, 0.1) is 11.6 Å². The minimum Gasteiger partial charge on any atom is -0.371 e. The molecule has 0 spiro atoms. The predicted octanol–water partition coefficient (Wildman–Crippen LogP) is 3.76. The Labute approximate surface area is 160 Å². The molecule has 1 aromatic carbocycles. The highest BCUT2D eigenvalue weighted by Crippen LogP contribution is 2.22. The van der Waals surface area contributed by atoms with Crippen LogP contribution in [0.1, 0.15) is 29.4 Å². The minimum absolute atomic E-state index is 0.333. The van der Waals surface area contributed by atoms with Crippen LogP contribution >= 0.6 is 11.3 Å². The second kappa shape index (κ2) is 8.14. The molecule has 3 heterocycles. The summed E-state index contributed by atoms with van der Waals surface area (Å²) in [6.07, 6.45) is 2.51. The van der Waals surface area contributed by atoms with Crippen molar-refractivity contribution in [3.8, 4) is 0 Å². The molecule has 1 N–H and O–H groups in total. The minimum atomic E-state index is -0.812. The van der Waals surface area contributed by atoms with Crippen LogP contribution in [0.15, 0.2) is 40.2 Å². The molecule has 0 unspecified atom stereocenters. The summed E-state index contributed by atoms with van der Waals surface area (Å²) in [5.41, 5.74) is 0.725. The van der Waals surface area contributed by atoms with Crippen molar-refractivity contribution in [3.63, 3.8) is 0 Å². The van der Waals surface area contributed by atoms with Gasteiger partial charge in [0.05, 0.1) is 6.54 Å². The molecule has 1 fully saturated rings. The first-order valence-electron chi connectivity index (χ1n) is 8.94. The van der Waals surface area contributed by atoms with E-state index in [2.05, 4.69) is 26.4 Å². The van der Waals surface area contributed by atoms with Crippen LogP contribution < -0.4 is 10.2 Å². The van der Waals surface area contributed by atoms with E-state index < -0.39 is 11.6 Å². The van der Waals surface area contributed by atoms with E-state index in [0.29, 0.717) is 30.7 Å². The maximum Gasteiger partial charge on any atom is 0.240 e. The maximum atomic E-state index is 13.4. The van der Waals surface area contributed by atoms with Gasteiger partial charge in [-0.2, -0.15) is 4.98 Å². The summed E-state index contributed by atoms with van der Waals surface area (Å²) in [5, 5.41) is 9.51. The fourth-order valence-electron chi connectivity index (χ4n) is 3.26. The van der Waals surface area contributed by atoms with Crippen molar-refractivity contribution in [1.82, 2.24) is 15.5 Å². The van der Waals surface area contributed by atoms with Crippen molar-refractivity contribution in [1.29, 1.82) is 0 Å². The molecule has 0 atom stereocenters. The van der Waals surface area contributed by atoms with Crippen LogP contribution in [0.25, 0.3) is 0 Å². The van der Waals surface area contributed by atoms with Gasteiger partial charge >= 0.3 is 0 Å². The zero-order valence-corrected chi connectivity index (χ0v) is 15.5. The molecule has 4 rings (SSSR count). The molecule has 8 heteroatoms. The summed E-state index contributed by atoms with van der Waals surface area (Å²) in [6, 6.07) is 8.46. The summed E-state index contributed by atoms with van der Waals surface area (Å²) in [5.74, 6) is -0.331. The lowest BCUT2D eigenvalue weighted by molar-refractivity contribution is 0.339. The molecule has 0 bridgehead atoms. The smallest absolute Gasteiger partial charge is 0.240 e. The first-order chi connectivity index (χ1) is 13.2. The van der Waals surface area contributed by atoms with E-state index in [-0.39, 0.29) is 0 Å². The Balaban J connectivity index is 1.25. The summed E-state index contributed by atoms with van der Waals surface area (Å²) in [7, 11) is 0. The lowest BCUT2D eigenvalue weighted by atomic mass is 10.0. The molecule has 5 nitrogen and oxygen atoms in total. The van der Waals surface area contributed by atoms with Gasteiger partial charge in [-0.1, -0.05) is 11.2 Å². The molecular weight excluding hydrogens is 370 g/mol. The number of anilines is 1. The van der Waals surface area contributed by atoms with Gasteiger partial charge in [0.1, 0.15) is 0 Å². The highest BCUT2D eigenvalue weighted by atomic mass is 32.1. The number of rotatable bonds is 6. The standard InChI is InChI=1S/C19H20F2N4OS/c20-16-4-3-14(10-17(16)21)25-7-5-13(6-8-25)22-12-19-23-18(24-26-19)11-15-2-1-9-27-15/h1-4,9-10,13,22H,5-8,11-12H2. The van der Waals surface area contributed by atoms with Crippen LogP contribution in [0.2, 0.25) is 0 Å². The van der Waals surface area contributed by atoms with Crippen LogP contribution in [0.5, 0.6) is 0 Å². The molecule has 0 aliphatic carbocycles. The Kier molecular flexibility index (Phi) is 5.45. The highest BCUT2D eigenvalue weighted by Gasteiger charge is 2.20. The normalized spacial score (nSPS) is 15.4. The molecule has 0 amide bonds. The molecule has 1 saturated heterocycles. The van der Waals surface area contributed by atoms with Crippen molar-refractivity contribution in [2.45, 2.75) is 31.8 Å². The number of hydrogen-bond acceptors (Lipinski definition) is 6. The summed E-state index contributed by atoms with van der Waals surface area (Å²) < 4.78 is 31.8. The number of nitrogens with one attached hydrogen (secondary N) is 1. The predicted molar refractivity (Wildman–Crippen MR) is 99.9 cm³/mol. The number of benzene rings is 1. The van der Waals surface area contributed by atoms with E-state index in [1.54, 1.807) is 17.4 Å². The van der Waals surface area contributed by atoms with E-state index >= 15 is 0 Å². The largest absolute Gasteiger partial charge is 0.371 e. The third kappa shape index (κ3) is 4.51. The van der Waals surface area contributed by atoms with Crippen molar-refractivity contribution < 1.29 is 13.3 Å². The van der Waals surface area contributed by atoms with E-state index in [1.807, 2.05) is 11.4 Å². The monoisotopic (exact) mass is 390 g/mol. The van der Waals surface area contributed by atoms with Gasteiger partial charge in [-0.05, 0) is 36.4 Å². The van der Waals surface area contributed by atoms with Gasteiger partial charge in [0.25, 0.3) is 0 Å². The summed E-state index contributed by atoms with van der Waals surface area (Å²) in [6.45, 7) is 2.11. The van der Waals surface area contributed by atoms with E-state index in [0.717, 1.165) is 31.6 Å². The van der Waals surface area contributed by atoms with Gasteiger partial charge < -0.3 is 14.7 Å². The van der Waals surface area contributed by atoms with Crippen molar-refractivity contribution >= 4 is 17.0 Å². The Morgan fingerprint density at radius 2 is 2.04 bits per heavy atom. The first kappa shape index (κ1) is 18.1. The van der Waals surface area contributed by atoms with Crippen LogP contribution in [0.3, 0.4) is 0 Å². The molecule has 2 aromatic heterocycles. The molecule has 1 aliphatic heterocycles. The number of aromatic nitrogens is 2. The fraction of sp³-hybridized carbons (Fsp3) is 0.368. The van der Waals surface area contributed by atoms with Gasteiger partial charge in [0.2, 0.25) is 5.89 Å². The lowest BCUT2D eigenvalue weighted by Crippen LogP contribution is -2.42. The molecule has 0 saturated carbocycles. The van der Waals surface area contributed by atoms with Crippen molar-refractivity contribution in [3.05, 3.63) is 63.9 Å². The zero-order chi connectivity index (χ0) is 18.6. The molecular formula is C19H20F2N4OS. The summed E-state index contributed by atoms with van der Waals surface area (Å²) >= 11 is 1.68. The number of piperidine rings is 1. The molecule has 27 heavy (non-hydrogen) atoms. The van der Waals surface area contributed by atoms with Gasteiger partial charge in [-0.3, -0.25) is 0 Å². The molecule has 1 aliphatic rings. The Hall–Kier alpha value is -2.32. The van der Waals surface area contributed by atoms with Gasteiger partial charge in [-0.15, -0.1) is 11.3 Å². The quantitative estimate of drug-likeness (QED) is 0.695. The number of halogens is 2. The van der Waals surface area contributed by atoms with Gasteiger partial charge in [0.15, 0.2) is 17.5 Å². The Bertz CT molecular complexity index is 876. The molecule has 142 valence electrons. The maximum absolute atomic E-state index is 13.4. The number of hydrogen-bond donors (Lipinski definition) is 1. The van der Waals surface area contributed by atoms with Crippen LogP contribution in [-0.2, 0) is 13.0 Å². The van der Waals surface area contributed by atoms with Crippen LogP contribution in [-0.4, -0.2) is 29.3 Å². The van der Waals surface area contributed by atoms with Gasteiger partial charge in [-0.25, -0.2) is 8.78 Å². The number of thiophene rings is 1. The van der Waals surface area contributed by atoms with E-state index in [1.165, 1.54) is 17.0 Å². The second-order valence-electron chi connectivity index (χ2n) is 6.60. The fourth-order valence-corrected chi connectivity index (χ4v) is 3.96. The third-order valence-corrected chi connectivity index (χ3v) is 5.60. The van der Waals surface area contributed by atoms with Crippen molar-refractivity contribution in [2.75, 3.05) is 18.0 Å². The lowest BCUT2D eigenvalue weighted by Gasteiger charge is -2.33. The van der Waals surface area contributed by atoms with Crippen LogP contribution in [0.4, 0.5) is 14.5 Å². The second-order valence-corrected chi connectivity index (χ2v) is 7.63. The summed E-state index contributed by atoms with van der Waals surface area (Å²) in [4.78, 5) is 7.71. The highest BCUT2D eigenvalue weighted by molar-refractivity contribution is 7.09. The van der Waals surface area contributed by atoms with Crippen molar-refractivity contribution in [2.24, 2.45) is 0 Å². The third-order valence-electron chi connectivity index (χ3n) is 4.73. The zero-order valence-electron chi connectivity index (χ0n) is 14.7. The number of nitrogens with zero attached hydrogens (tertiary/aromatic N) is 3. The molecule has 3 aromatic rings.